The van der Waals surface area contributed by atoms with E-state index >= 15 is 0 Å². The Morgan fingerprint density at radius 1 is 1.12 bits per heavy atom. The van der Waals surface area contributed by atoms with Crippen LogP contribution in [-0.4, -0.2) is 31.4 Å². The minimum absolute atomic E-state index is 0.211. The standard InChI is InChI=1S/C18H16F2N2O4/c1-11(23)22(16-7-6-13(19)9-15(16)20)10-17(24)21-14-5-3-4-12(8-14)18(25)26-2/h3-9H,10H2,1-2H3,(H,21,24). The summed E-state index contributed by atoms with van der Waals surface area (Å²) in [6, 6.07) is 8.70. The molecule has 0 bridgehead atoms. The number of benzene rings is 2. The number of halogens is 2. The molecule has 0 aliphatic carbocycles. The Bertz CT molecular complexity index is 855. The van der Waals surface area contributed by atoms with Crippen molar-refractivity contribution in [2.45, 2.75) is 6.92 Å². The van der Waals surface area contributed by atoms with Gasteiger partial charge in [-0.3, -0.25) is 9.59 Å². The average molecular weight is 362 g/mol. The lowest BCUT2D eigenvalue weighted by Crippen LogP contribution is -2.37. The summed E-state index contributed by atoms with van der Waals surface area (Å²) in [5.74, 6) is -3.53. The van der Waals surface area contributed by atoms with Crippen LogP contribution in [0.3, 0.4) is 0 Å². The fraction of sp³-hybridized carbons (Fsp3) is 0.167. The van der Waals surface area contributed by atoms with Crippen LogP contribution in [0.4, 0.5) is 20.2 Å². The zero-order valence-electron chi connectivity index (χ0n) is 14.1. The molecule has 0 atom stereocenters. The third kappa shape index (κ3) is 4.62. The topological polar surface area (TPSA) is 75.7 Å². The largest absolute Gasteiger partial charge is 0.465 e. The molecule has 0 saturated carbocycles. The summed E-state index contributed by atoms with van der Waals surface area (Å²) in [4.78, 5) is 36.4. The van der Waals surface area contributed by atoms with Crippen LogP contribution in [0.15, 0.2) is 42.5 Å². The van der Waals surface area contributed by atoms with Gasteiger partial charge in [0, 0.05) is 18.7 Å². The number of amides is 2. The maximum Gasteiger partial charge on any atom is 0.337 e. The van der Waals surface area contributed by atoms with Crippen molar-refractivity contribution in [3.05, 3.63) is 59.7 Å². The SMILES string of the molecule is COC(=O)c1cccc(NC(=O)CN(C(C)=O)c2ccc(F)cc2F)c1. The molecule has 1 N–H and O–H groups in total. The number of ether oxygens (including phenoxy) is 1. The predicted octanol–water partition coefficient (Wildman–Crippen LogP) is 2.74. The fourth-order valence-electron chi connectivity index (χ4n) is 2.25. The maximum absolute atomic E-state index is 13.9. The van der Waals surface area contributed by atoms with Crippen molar-refractivity contribution in [1.82, 2.24) is 0 Å². The summed E-state index contributed by atoms with van der Waals surface area (Å²) in [6.45, 7) is 0.675. The van der Waals surface area contributed by atoms with E-state index in [9.17, 15) is 23.2 Å². The number of esters is 1. The van der Waals surface area contributed by atoms with Gasteiger partial charge in [0.15, 0.2) is 0 Å². The van der Waals surface area contributed by atoms with Crippen LogP contribution in [-0.2, 0) is 14.3 Å². The smallest absolute Gasteiger partial charge is 0.337 e. The Kier molecular flexibility index (Phi) is 6.00. The third-order valence-corrected chi connectivity index (χ3v) is 3.45. The van der Waals surface area contributed by atoms with Crippen LogP contribution < -0.4 is 10.2 Å². The van der Waals surface area contributed by atoms with E-state index in [0.29, 0.717) is 11.8 Å². The summed E-state index contributed by atoms with van der Waals surface area (Å²) >= 11 is 0. The number of methoxy groups -OCH3 is 1. The molecule has 0 radical (unpaired) electrons. The van der Waals surface area contributed by atoms with Crippen molar-refractivity contribution in [2.24, 2.45) is 0 Å². The van der Waals surface area contributed by atoms with Crippen LogP contribution in [0.25, 0.3) is 0 Å². The summed E-state index contributed by atoms with van der Waals surface area (Å²) in [7, 11) is 1.23. The highest BCUT2D eigenvalue weighted by Crippen LogP contribution is 2.20. The second-order valence-electron chi connectivity index (χ2n) is 5.32. The minimum atomic E-state index is -0.958. The summed E-state index contributed by atoms with van der Waals surface area (Å²) < 4.78 is 31.5. The van der Waals surface area contributed by atoms with Gasteiger partial charge in [0.2, 0.25) is 11.8 Å². The van der Waals surface area contributed by atoms with Gasteiger partial charge in [0.05, 0.1) is 18.4 Å². The van der Waals surface area contributed by atoms with Crippen LogP contribution in [0, 0.1) is 11.6 Å². The number of nitrogens with one attached hydrogen (secondary N) is 1. The third-order valence-electron chi connectivity index (χ3n) is 3.45. The summed E-state index contributed by atoms with van der Waals surface area (Å²) in [6.07, 6.45) is 0. The molecule has 26 heavy (non-hydrogen) atoms. The first-order valence-electron chi connectivity index (χ1n) is 7.53. The average Bonchev–Trinajstić information content (AvgIpc) is 2.59. The van der Waals surface area contributed by atoms with Gasteiger partial charge in [0.25, 0.3) is 0 Å². The maximum atomic E-state index is 13.9. The quantitative estimate of drug-likeness (QED) is 0.830. The van der Waals surface area contributed by atoms with Crippen LogP contribution in [0.5, 0.6) is 0 Å². The van der Waals surface area contributed by atoms with Crippen LogP contribution in [0.1, 0.15) is 17.3 Å². The number of nitrogens with zero attached hydrogens (tertiary/aromatic N) is 1. The molecule has 2 rings (SSSR count). The van der Waals surface area contributed by atoms with E-state index in [2.05, 4.69) is 10.1 Å². The van der Waals surface area contributed by atoms with Gasteiger partial charge in [-0.1, -0.05) is 6.07 Å². The number of carbonyl (C=O) groups excluding carboxylic acids is 3. The number of carbonyl (C=O) groups is 3. The highest BCUT2D eigenvalue weighted by Gasteiger charge is 2.20. The van der Waals surface area contributed by atoms with Gasteiger partial charge in [-0.05, 0) is 30.3 Å². The Hall–Kier alpha value is -3.29. The Morgan fingerprint density at radius 3 is 2.46 bits per heavy atom. The fourth-order valence-corrected chi connectivity index (χ4v) is 2.25. The lowest BCUT2D eigenvalue weighted by atomic mass is 10.2. The molecule has 2 amide bonds. The molecule has 0 aromatic heterocycles. The van der Waals surface area contributed by atoms with Crippen molar-refractivity contribution in [1.29, 1.82) is 0 Å². The monoisotopic (exact) mass is 362 g/mol. The molecule has 0 saturated heterocycles. The molecular formula is C18H16F2N2O4. The zero-order valence-corrected chi connectivity index (χ0v) is 14.1. The second kappa shape index (κ2) is 8.19. The van der Waals surface area contributed by atoms with Crippen LogP contribution >= 0.6 is 0 Å². The van der Waals surface area contributed by atoms with E-state index in [1.807, 2.05) is 0 Å². The van der Waals surface area contributed by atoms with E-state index in [-0.39, 0.29) is 11.3 Å². The first-order valence-corrected chi connectivity index (χ1v) is 7.53. The minimum Gasteiger partial charge on any atom is -0.465 e. The molecule has 136 valence electrons. The first kappa shape index (κ1) is 19.0. The van der Waals surface area contributed by atoms with E-state index < -0.39 is 36.0 Å². The van der Waals surface area contributed by atoms with Gasteiger partial charge in [0.1, 0.15) is 18.2 Å². The highest BCUT2D eigenvalue weighted by atomic mass is 19.1. The van der Waals surface area contributed by atoms with Crippen molar-refractivity contribution >= 4 is 29.2 Å². The van der Waals surface area contributed by atoms with Gasteiger partial charge < -0.3 is 15.0 Å². The van der Waals surface area contributed by atoms with Gasteiger partial charge in [-0.2, -0.15) is 0 Å². The van der Waals surface area contributed by atoms with Crippen molar-refractivity contribution in [3.63, 3.8) is 0 Å². The molecule has 0 heterocycles. The normalized spacial score (nSPS) is 10.2. The molecular weight excluding hydrogens is 346 g/mol. The van der Waals surface area contributed by atoms with E-state index in [4.69, 9.17) is 0 Å². The van der Waals surface area contributed by atoms with Gasteiger partial charge >= 0.3 is 5.97 Å². The van der Waals surface area contributed by atoms with Gasteiger partial charge in [-0.25, -0.2) is 13.6 Å². The Balaban J connectivity index is 2.16. The van der Waals surface area contributed by atoms with Crippen molar-refractivity contribution in [3.8, 4) is 0 Å². The molecule has 8 heteroatoms. The second-order valence-corrected chi connectivity index (χ2v) is 5.32. The number of anilines is 2. The Morgan fingerprint density at radius 2 is 1.85 bits per heavy atom. The molecule has 0 spiro atoms. The van der Waals surface area contributed by atoms with Crippen molar-refractivity contribution < 1.29 is 27.9 Å². The number of rotatable bonds is 5. The lowest BCUT2D eigenvalue weighted by Gasteiger charge is -2.21. The van der Waals surface area contributed by atoms with E-state index in [1.165, 1.54) is 19.2 Å². The molecule has 6 nitrogen and oxygen atoms in total. The lowest BCUT2D eigenvalue weighted by molar-refractivity contribution is -0.120. The zero-order chi connectivity index (χ0) is 19.3. The van der Waals surface area contributed by atoms with Crippen molar-refractivity contribution in [2.75, 3.05) is 23.9 Å². The molecule has 2 aromatic carbocycles. The van der Waals surface area contributed by atoms with Gasteiger partial charge in [-0.15, -0.1) is 0 Å². The summed E-state index contributed by atoms with van der Waals surface area (Å²) in [5.41, 5.74) is 0.330. The predicted molar refractivity (Wildman–Crippen MR) is 90.8 cm³/mol. The summed E-state index contributed by atoms with van der Waals surface area (Å²) in [5, 5.41) is 2.51. The van der Waals surface area contributed by atoms with E-state index in [0.717, 1.165) is 24.0 Å². The first-order chi connectivity index (χ1) is 12.3. The van der Waals surface area contributed by atoms with Crippen LogP contribution in [0.2, 0.25) is 0 Å². The highest BCUT2D eigenvalue weighted by molar-refractivity contribution is 6.02. The van der Waals surface area contributed by atoms with E-state index in [1.54, 1.807) is 12.1 Å². The number of hydrogen-bond donors (Lipinski definition) is 1. The molecule has 0 unspecified atom stereocenters. The Labute approximate surface area is 148 Å². The molecule has 0 aliphatic heterocycles. The molecule has 2 aromatic rings. The number of hydrogen-bond acceptors (Lipinski definition) is 4. The molecule has 0 fully saturated rings. The molecule has 0 aliphatic rings.